The van der Waals surface area contributed by atoms with Crippen molar-refractivity contribution in [1.82, 2.24) is 9.97 Å². The van der Waals surface area contributed by atoms with Crippen LogP contribution in [-0.4, -0.2) is 30.2 Å². The smallest absolute Gasteiger partial charge is 0.328 e. The van der Waals surface area contributed by atoms with Gasteiger partial charge in [0.05, 0.1) is 20.3 Å². The number of rotatable bonds is 6. The number of hydrogen-bond acceptors (Lipinski definition) is 8. The fraction of sp³-hybridized carbons (Fsp3) is 0.250. The molecule has 1 unspecified atom stereocenters. The molecule has 1 heterocycles. The zero-order chi connectivity index (χ0) is 17.5. The lowest BCUT2D eigenvalue weighted by molar-refractivity contribution is -0.144. The van der Waals surface area contributed by atoms with E-state index >= 15 is 0 Å². The van der Waals surface area contributed by atoms with Crippen LogP contribution in [0.1, 0.15) is 18.6 Å². The Balaban J connectivity index is 2.37. The molecule has 0 aliphatic carbocycles. The lowest BCUT2D eigenvalue weighted by atomic mass is 10.1. The van der Waals surface area contributed by atoms with Gasteiger partial charge in [0.1, 0.15) is 11.8 Å². The number of para-hydroxylation sites is 1. The third-order valence-corrected chi connectivity index (χ3v) is 2.88. The van der Waals surface area contributed by atoms with Crippen LogP contribution in [0.4, 0.5) is 0 Å². The van der Waals surface area contributed by atoms with E-state index < -0.39 is 12.1 Å². The third-order valence-electron chi connectivity index (χ3n) is 2.88. The average Bonchev–Trinajstić information content (AvgIpc) is 2.59. The molecule has 1 aromatic carbocycles. The van der Waals surface area contributed by atoms with Gasteiger partial charge in [0.15, 0.2) is 0 Å². The van der Waals surface area contributed by atoms with Crippen LogP contribution in [0.25, 0.3) is 0 Å². The van der Waals surface area contributed by atoms with E-state index in [1.165, 1.54) is 27.2 Å². The summed E-state index contributed by atoms with van der Waals surface area (Å²) in [4.78, 5) is 19.3. The molecule has 1 atom stereocenters. The highest BCUT2D eigenvalue weighted by atomic mass is 16.5. The van der Waals surface area contributed by atoms with E-state index in [1.54, 1.807) is 24.3 Å². The van der Waals surface area contributed by atoms with Gasteiger partial charge in [0.2, 0.25) is 17.9 Å². The molecule has 1 aromatic heterocycles. The van der Waals surface area contributed by atoms with Crippen LogP contribution in [0, 0.1) is 11.3 Å². The molecule has 0 aliphatic heterocycles. The van der Waals surface area contributed by atoms with Crippen LogP contribution in [0.5, 0.6) is 23.5 Å². The first-order valence-corrected chi connectivity index (χ1v) is 6.88. The fourth-order valence-corrected chi connectivity index (χ4v) is 1.85. The number of nitrogens with zero attached hydrogens (tertiary/aromatic N) is 3. The van der Waals surface area contributed by atoms with Crippen LogP contribution in [0.3, 0.4) is 0 Å². The highest BCUT2D eigenvalue weighted by Gasteiger charge is 2.20. The van der Waals surface area contributed by atoms with Gasteiger partial charge in [-0.25, -0.2) is 0 Å². The molecule has 0 fully saturated rings. The van der Waals surface area contributed by atoms with Gasteiger partial charge >= 0.3 is 12.0 Å². The zero-order valence-corrected chi connectivity index (χ0v) is 13.3. The van der Waals surface area contributed by atoms with E-state index in [-0.39, 0.29) is 23.5 Å². The number of aromatic nitrogens is 2. The van der Waals surface area contributed by atoms with Gasteiger partial charge in [-0.1, -0.05) is 18.2 Å². The van der Waals surface area contributed by atoms with Crippen molar-refractivity contribution in [2.24, 2.45) is 0 Å². The van der Waals surface area contributed by atoms with Crippen molar-refractivity contribution < 1.29 is 23.7 Å². The zero-order valence-electron chi connectivity index (χ0n) is 13.3. The van der Waals surface area contributed by atoms with Gasteiger partial charge in [0, 0.05) is 12.5 Å². The summed E-state index contributed by atoms with van der Waals surface area (Å²) in [7, 11) is 2.90. The lowest BCUT2D eigenvalue weighted by Gasteiger charge is -2.14. The number of methoxy groups -OCH3 is 2. The minimum atomic E-state index is -1.11. The Morgan fingerprint density at radius 3 is 2.33 bits per heavy atom. The van der Waals surface area contributed by atoms with Crippen molar-refractivity contribution in [1.29, 1.82) is 5.26 Å². The number of nitriles is 1. The van der Waals surface area contributed by atoms with Gasteiger partial charge < -0.3 is 18.9 Å². The molecule has 2 rings (SSSR count). The molecule has 24 heavy (non-hydrogen) atoms. The van der Waals surface area contributed by atoms with Gasteiger partial charge in [-0.05, 0) is 6.07 Å². The molecule has 0 N–H and O–H groups in total. The summed E-state index contributed by atoms with van der Waals surface area (Å²) in [6, 6.07) is 10.0. The second kappa shape index (κ2) is 7.78. The Hall–Kier alpha value is -3.34. The van der Waals surface area contributed by atoms with Crippen molar-refractivity contribution in [3.8, 4) is 29.6 Å². The molecule has 2 aromatic rings. The molecule has 0 saturated carbocycles. The summed E-state index contributed by atoms with van der Waals surface area (Å²) in [5, 5.41) is 9.23. The maximum atomic E-state index is 11.2. The molecule has 0 spiro atoms. The number of ether oxygens (including phenoxy) is 4. The summed E-state index contributed by atoms with van der Waals surface area (Å²) in [6.45, 7) is 1.23. The monoisotopic (exact) mass is 329 g/mol. The minimum absolute atomic E-state index is 0.0295. The van der Waals surface area contributed by atoms with E-state index in [2.05, 4.69) is 9.97 Å². The third kappa shape index (κ3) is 4.10. The normalized spacial score (nSPS) is 11.1. The van der Waals surface area contributed by atoms with Gasteiger partial charge in [-0.3, -0.25) is 4.79 Å². The fourth-order valence-electron chi connectivity index (χ4n) is 1.85. The molecule has 0 radical (unpaired) electrons. The van der Waals surface area contributed by atoms with Crippen LogP contribution in [0.2, 0.25) is 0 Å². The van der Waals surface area contributed by atoms with Gasteiger partial charge in [0.25, 0.3) is 0 Å². The van der Waals surface area contributed by atoms with Crippen molar-refractivity contribution in [3.05, 3.63) is 35.9 Å². The minimum Gasteiger partial charge on any atom is -0.481 e. The van der Waals surface area contributed by atoms with Crippen molar-refractivity contribution in [2.45, 2.75) is 13.0 Å². The SMILES string of the molecule is COc1cc(OC)nc(Oc2ccccc2C(C#N)OC(C)=O)n1. The van der Waals surface area contributed by atoms with Crippen LogP contribution < -0.4 is 14.2 Å². The molecule has 0 amide bonds. The Morgan fingerprint density at radius 1 is 1.17 bits per heavy atom. The molecule has 124 valence electrons. The summed E-state index contributed by atoms with van der Waals surface area (Å²) < 4.78 is 20.7. The second-order valence-corrected chi connectivity index (χ2v) is 4.49. The second-order valence-electron chi connectivity index (χ2n) is 4.49. The topological polar surface area (TPSA) is 104 Å². The predicted molar refractivity (Wildman–Crippen MR) is 81.8 cm³/mol. The number of esters is 1. The van der Waals surface area contributed by atoms with Crippen molar-refractivity contribution >= 4 is 5.97 Å². The van der Waals surface area contributed by atoms with E-state index in [4.69, 9.17) is 18.9 Å². The molecule has 0 bridgehead atoms. The molecular weight excluding hydrogens is 314 g/mol. The Morgan fingerprint density at radius 2 is 1.79 bits per heavy atom. The van der Waals surface area contributed by atoms with Crippen LogP contribution in [-0.2, 0) is 9.53 Å². The standard InChI is InChI=1S/C16H15N3O5/c1-10(20)23-13(9-17)11-6-4-5-7-12(11)24-16-18-14(21-2)8-15(19-16)22-3/h4-8,13H,1-3H3. The highest BCUT2D eigenvalue weighted by molar-refractivity contribution is 5.67. The Bertz CT molecular complexity index is 750. The van der Waals surface area contributed by atoms with E-state index in [9.17, 15) is 10.1 Å². The average molecular weight is 329 g/mol. The van der Waals surface area contributed by atoms with E-state index in [0.717, 1.165) is 0 Å². The summed E-state index contributed by atoms with van der Waals surface area (Å²) in [5.74, 6) is 0.216. The van der Waals surface area contributed by atoms with E-state index in [0.29, 0.717) is 5.56 Å². The largest absolute Gasteiger partial charge is 0.481 e. The number of carbonyl (C=O) groups is 1. The van der Waals surface area contributed by atoms with Crippen molar-refractivity contribution in [2.75, 3.05) is 14.2 Å². The number of benzene rings is 1. The summed E-state index contributed by atoms with van der Waals surface area (Å²) in [6.07, 6.45) is -1.11. The first-order chi connectivity index (χ1) is 11.6. The first-order valence-electron chi connectivity index (χ1n) is 6.88. The van der Waals surface area contributed by atoms with Crippen LogP contribution >= 0.6 is 0 Å². The first kappa shape index (κ1) is 17.0. The maximum absolute atomic E-state index is 11.2. The molecule has 8 nitrogen and oxygen atoms in total. The van der Waals surface area contributed by atoms with Crippen molar-refractivity contribution in [3.63, 3.8) is 0 Å². The molecular formula is C16H15N3O5. The summed E-state index contributed by atoms with van der Waals surface area (Å²) >= 11 is 0. The number of hydrogen-bond donors (Lipinski definition) is 0. The molecule has 0 aliphatic rings. The summed E-state index contributed by atoms with van der Waals surface area (Å²) in [5.41, 5.74) is 0.376. The lowest BCUT2D eigenvalue weighted by Crippen LogP contribution is -2.08. The molecule has 0 saturated heterocycles. The van der Waals surface area contributed by atoms with Gasteiger partial charge in [-0.2, -0.15) is 15.2 Å². The maximum Gasteiger partial charge on any atom is 0.328 e. The van der Waals surface area contributed by atoms with E-state index in [1.807, 2.05) is 6.07 Å². The predicted octanol–water partition coefficient (Wildman–Crippen LogP) is 2.41. The van der Waals surface area contributed by atoms with Gasteiger partial charge in [-0.15, -0.1) is 0 Å². The Labute approximate surface area is 138 Å². The quantitative estimate of drug-likeness (QED) is 0.744. The van der Waals surface area contributed by atoms with Crippen LogP contribution in [0.15, 0.2) is 30.3 Å². The Kier molecular flexibility index (Phi) is 5.52. The highest BCUT2D eigenvalue weighted by Crippen LogP contribution is 2.31. The molecule has 8 heteroatoms. The number of carbonyl (C=O) groups excluding carboxylic acids is 1.